The van der Waals surface area contributed by atoms with E-state index >= 15 is 0 Å². The molecule has 0 spiro atoms. The van der Waals surface area contributed by atoms with Crippen LogP contribution in [0.25, 0.3) is 0 Å². The lowest BCUT2D eigenvalue weighted by Crippen LogP contribution is -2.48. The molecule has 0 bridgehead atoms. The van der Waals surface area contributed by atoms with E-state index in [1.807, 2.05) is 11.0 Å². The SMILES string of the molecule is CC(=O)N1CCN(CCC(=O)NCc2ccco2)CC1. The highest BCUT2D eigenvalue weighted by Crippen LogP contribution is 2.03. The Hall–Kier alpha value is -1.82. The predicted octanol–water partition coefficient (Wildman–Crippen LogP) is 0.450. The van der Waals surface area contributed by atoms with Crippen LogP contribution in [0.15, 0.2) is 22.8 Å². The maximum absolute atomic E-state index is 11.7. The van der Waals surface area contributed by atoms with E-state index in [0.717, 1.165) is 38.5 Å². The van der Waals surface area contributed by atoms with Crippen molar-refractivity contribution in [2.75, 3.05) is 32.7 Å². The number of piperazine rings is 1. The number of hydrogen-bond acceptors (Lipinski definition) is 4. The molecule has 1 saturated heterocycles. The van der Waals surface area contributed by atoms with Gasteiger partial charge in [-0.2, -0.15) is 0 Å². The number of hydrogen-bond donors (Lipinski definition) is 1. The van der Waals surface area contributed by atoms with Gasteiger partial charge in [-0.05, 0) is 12.1 Å². The third kappa shape index (κ3) is 4.38. The van der Waals surface area contributed by atoms with Gasteiger partial charge in [0.05, 0.1) is 12.8 Å². The smallest absolute Gasteiger partial charge is 0.221 e. The molecule has 6 nitrogen and oxygen atoms in total. The minimum Gasteiger partial charge on any atom is -0.467 e. The molecule has 6 heteroatoms. The van der Waals surface area contributed by atoms with Crippen LogP contribution in [-0.4, -0.2) is 54.3 Å². The number of furan rings is 1. The minimum atomic E-state index is 0.0235. The second-order valence-electron chi connectivity index (χ2n) is 4.95. The summed E-state index contributed by atoms with van der Waals surface area (Å²) in [6, 6.07) is 3.64. The molecule has 1 fully saturated rings. The lowest BCUT2D eigenvalue weighted by atomic mass is 10.2. The zero-order valence-electron chi connectivity index (χ0n) is 11.8. The van der Waals surface area contributed by atoms with Gasteiger partial charge in [-0.1, -0.05) is 0 Å². The summed E-state index contributed by atoms with van der Waals surface area (Å²) in [6.45, 7) is 5.94. The van der Waals surface area contributed by atoms with Crippen molar-refractivity contribution in [1.29, 1.82) is 0 Å². The predicted molar refractivity (Wildman–Crippen MR) is 73.9 cm³/mol. The summed E-state index contributed by atoms with van der Waals surface area (Å²) in [7, 11) is 0. The van der Waals surface area contributed by atoms with Crippen molar-refractivity contribution in [2.24, 2.45) is 0 Å². The van der Waals surface area contributed by atoms with Crippen LogP contribution in [-0.2, 0) is 16.1 Å². The molecule has 20 heavy (non-hydrogen) atoms. The number of carbonyl (C=O) groups is 2. The molecule has 0 aliphatic carbocycles. The average molecular weight is 279 g/mol. The Morgan fingerprint density at radius 1 is 1.30 bits per heavy atom. The third-order valence-electron chi connectivity index (χ3n) is 3.51. The maximum atomic E-state index is 11.7. The highest BCUT2D eigenvalue weighted by atomic mass is 16.3. The number of rotatable bonds is 5. The molecule has 0 atom stereocenters. The molecule has 1 aromatic heterocycles. The number of nitrogens with one attached hydrogen (secondary N) is 1. The average Bonchev–Trinajstić information content (AvgIpc) is 2.96. The van der Waals surface area contributed by atoms with E-state index in [2.05, 4.69) is 10.2 Å². The zero-order chi connectivity index (χ0) is 14.4. The molecule has 2 heterocycles. The fraction of sp³-hybridized carbons (Fsp3) is 0.571. The quantitative estimate of drug-likeness (QED) is 0.850. The van der Waals surface area contributed by atoms with Gasteiger partial charge < -0.3 is 14.6 Å². The van der Waals surface area contributed by atoms with Crippen molar-refractivity contribution < 1.29 is 14.0 Å². The Bertz CT molecular complexity index is 437. The Balaban J connectivity index is 1.61. The highest BCUT2D eigenvalue weighted by Gasteiger charge is 2.18. The first kappa shape index (κ1) is 14.6. The molecule has 0 unspecified atom stereocenters. The van der Waals surface area contributed by atoms with Gasteiger partial charge in [-0.15, -0.1) is 0 Å². The Labute approximate surface area is 118 Å². The van der Waals surface area contributed by atoms with Crippen LogP contribution in [0.2, 0.25) is 0 Å². The Morgan fingerprint density at radius 2 is 2.05 bits per heavy atom. The van der Waals surface area contributed by atoms with Crippen LogP contribution in [0, 0.1) is 0 Å². The van der Waals surface area contributed by atoms with Gasteiger partial charge in [0, 0.05) is 46.1 Å². The lowest BCUT2D eigenvalue weighted by Gasteiger charge is -2.33. The van der Waals surface area contributed by atoms with Gasteiger partial charge in [0.25, 0.3) is 0 Å². The van der Waals surface area contributed by atoms with Gasteiger partial charge in [-0.25, -0.2) is 0 Å². The first-order chi connectivity index (χ1) is 9.65. The largest absolute Gasteiger partial charge is 0.467 e. The van der Waals surface area contributed by atoms with E-state index in [1.54, 1.807) is 19.3 Å². The molecule has 1 aliphatic rings. The van der Waals surface area contributed by atoms with Crippen molar-refractivity contribution >= 4 is 11.8 Å². The second-order valence-corrected chi connectivity index (χ2v) is 4.95. The fourth-order valence-corrected chi connectivity index (χ4v) is 2.23. The van der Waals surface area contributed by atoms with Crippen LogP contribution in [0.5, 0.6) is 0 Å². The van der Waals surface area contributed by atoms with Crippen molar-refractivity contribution in [3.63, 3.8) is 0 Å². The summed E-state index contributed by atoms with van der Waals surface area (Å²) in [4.78, 5) is 27.0. The summed E-state index contributed by atoms with van der Waals surface area (Å²) >= 11 is 0. The van der Waals surface area contributed by atoms with Crippen LogP contribution in [0.4, 0.5) is 0 Å². The topological polar surface area (TPSA) is 65.8 Å². The molecule has 1 aliphatic heterocycles. The number of carbonyl (C=O) groups excluding carboxylic acids is 2. The van der Waals surface area contributed by atoms with E-state index in [0.29, 0.717) is 13.0 Å². The van der Waals surface area contributed by atoms with Gasteiger partial charge in [0.15, 0.2) is 0 Å². The van der Waals surface area contributed by atoms with Gasteiger partial charge in [0.2, 0.25) is 11.8 Å². The number of amides is 2. The van der Waals surface area contributed by atoms with Crippen LogP contribution in [0.1, 0.15) is 19.1 Å². The lowest BCUT2D eigenvalue weighted by molar-refractivity contribution is -0.131. The van der Waals surface area contributed by atoms with E-state index in [4.69, 9.17) is 4.42 Å². The molecule has 1 N–H and O–H groups in total. The Morgan fingerprint density at radius 3 is 2.65 bits per heavy atom. The van der Waals surface area contributed by atoms with Crippen LogP contribution in [0.3, 0.4) is 0 Å². The summed E-state index contributed by atoms with van der Waals surface area (Å²) in [6.07, 6.45) is 2.07. The molecule has 0 radical (unpaired) electrons. The fourth-order valence-electron chi connectivity index (χ4n) is 2.23. The van der Waals surface area contributed by atoms with Crippen LogP contribution >= 0.6 is 0 Å². The van der Waals surface area contributed by atoms with Gasteiger partial charge in [-0.3, -0.25) is 14.5 Å². The maximum Gasteiger partial charge on any atom is 0.221 e. The summed E-state index contributed by atoms with van der Waals surface area (Å²) in [5, 5.41) is 2.83. The van der Waals surface area contributed by atoms with Crippen molar-refractivity contribution in [2.45, 2.75) is 19.9 Å². The highest BCUT2D eigenvalue weighted by molar-refractivity contribution is 5.76. The third-order valence-corrected chi connectivity index (χ3v) is 3.51. The molecule has 1 aromatic rings. The molecule has 110 valence electrons. The van der Waals surface area contributed by atoms with E-state index in [-0.39, 0.29) is 11.8 Å². The molecular formula is C14H21N3O3. The monoisotopic (exact) mass is 279 g/mol. The molecule has 2 amide bonds. The first-order valence-corrected chi connectivity index (χ1v) is 6.92. The first-order valence-electron chi connectivity index (χ1n) is 6.92. The molecule has 0 aromatic carbocycles. The van der Waals surface area contributed by atoms with Gasteiger partial charge >= 0.3 is 0 Å². The van der Waals surface area contributed by atoms with E-state index < -0.39 is 0 Å². The molecule has 2 rings (SSSR count). The van der Waals surface area contributed by atoms with Crippen molar-refractivity contribution in [3.8, 4) is 0 Å². The summed E-state index contributed by atoms with van der Waals surface area (Å²) < 4.78 is 5.15. The summed E-state index contributed by atoms with van der Waals surface area (Å²) in [5.41, 5.74) is 0. The van der Waals surface area contributed by atoms with Crippen LogP contribution < -0.4 is 5.32 Å². The van der Waals surface area contributed by atoms with Gasteiger partial charge in [0.1, 0.15) is 5.76 Å². The van der Waals surface area contributed by atoms with Crippen molar-refractivity contribution in [1.82, 2.24) is 15.1 Å². The van der Waals surface area contributed by atoms with E-state index in [1.165, 1.54) is 0 Å². The normalized spacial score (nSPS) is 16.1. The zero-order valence-corrected chi connectivity index (χ0v) is 11.8. The summed E-state index contributed by atoms with van der Waals surface area (Å²) in [5.74, 6) is 0.907. The minimum absolute atomic E-state index is 0.0235. The molecular weight excluding hydrogens is 258 g/mol. The second kappa shape index (κ2) is 7.09. The molecule has 0 saturated carbocycles. The Kier molecular flexibility index (Phi) is 5.17. The van der Waals surface area contributed by atoms with Crippen molar-refractivity contribution in [3.05, 3.63) is 24.2 Å². The van der Waals surface area contributed by atoms with E-state index in [9.17, 15) is 9.59 Å². The number of nitrogens with zero attached hydrogens (tertiary/aromatic N) is 2. The standard InChI is InChI=1S/C14H21N3O3/c1-12(18)17-8-6-16(7-9-17)5-4-14(19)15-11-13-3-2-10-20-13/h2-3,10H,4-9,11H2,1H3,(H,15,19).